The van der Waals surface area contributed by atoms with E-state index in [0.29, 0.717) is 6.42 Å². The summed E-state index contributed by atoms with van der Waals surface area (Å²) in [6, 6.07) is 1.70. The van der Waals surface area contributed by atoms with Crippen molar-refractivity contribution in [2.75, 3.05) is 0 Å². The van der Waals surface area contributed by atoms with Gasteiger partial charge in [-0.1, -0.05) is 13.3 Å². The van der Waals surface area contributed by atoms with E-state index < -0.39 is 5.97 Å². The SMILES string of the molecule is CCC(CC(=O)O)NC(=O)c1cc2c(s1)CCCCC2. The third-order valence-corrected chi connectivity index (χ3v) is 4.96. The van der Waals surface area contributed by atoms with Gasteiger partial charge >= 0.3 is 5.97 Å². The molecule has 1 atom stereocenters. The number of carbonyl (C=O) groups excluding carboxylic acids is 1. The summed E-state index contributed by atoms with van der Waals surface area (Å²) in [6.45, 7) is 1.89. The largest absolute Gasteiger partial charge is 0.481 e. The Balaban J connectivity index is 2.03. The van der Waals surface area contributed by atoms with Crippen molar-refractivity contribution in [2.45, 2.75) is 57.9 Å². The molecule has 2 N–H and O–H groups in total. The van der Waals surface area contributed by atoms with Gasteiger partial charge in [-0.15, -0.1) is 11.3 Å². The first kappa shape index (κ1) is 15.0. The van der Waals surface area contributed by atoms with Crippen molar-refractivity contribution in [3.05, 3.63) is 21.4 Å². The molecule has 20 heavy (non-hydrogen) atoms. The van der Waals surface area contributed by atoms with E-state index in [1.807, 2.05) is 13.0 Å². The summed E-state index contributed by atoms with van der Waals surface area (Å²) >= 11 is 1.57. The molecule has 110 valence electrons. The van der Waals surface area contributed by atoms with Gasteiger partial charge in [0.25, 0.3) is 5.91 Å². The van der Waals surface area contributed by atoms with Crippen molar-refractivity contribution < 1.29 is 14.7 Å². The van der Waals surface area contributed by atoms with E-state index in [1.165, 1.54) is 29.7 Å². The lowest BCUT2D eigenvalue weighted by molar-refractivity contribution is -0.137. The molecule has 1 aliphatic carbocycles. The summed E-state index contributed by atoms with van der Waals surface area (Å²) in [7, 11) is 0. The van der Waals surface area contributed by atoms with E-state index in [4.69, 9.17) is 5.11 Å². The van der Waals surface area contributed by atoms with Crippen LogP contribution in [0.1, 0.15) is 59.1 Å². The lowest BCUT2D eigenvalue weighted by Crippen LogP contribution is -2.35. The number of amides is 1. The second kappa shape index (κ2) is 6.88. The number of thiophene rings is 1. The summed E-state index contributed by atoms with van der Waals surface area (Å²) in [6.07, 6.45) is 6.40. The molecule has 0 aromatic carbocycles. The topological polar surface area (TPSA) is 66.4 Å². The maximum atomic E-state index is 12.2. The molecule has 0 fully saturated rings. The maximum Gasteiger partial charge on any atom is 0.305 e. The average molecular weight is 295 g/mol. The number of carbonyl (C=O) groups is 2. The number of nitrogens with one attached hydrogen (secondary N) is 1. The highest BCUT2D eigenvalue weighted by Crippen LogP contribution is 2.29. The number of carboxylic acid groups (broad SMARTS) is 1. The van der Waals surface area contributed by atoms with Crippen molar-refractivity contribution in [1.82, 2.24) is 5.32 Å². The fourth-order valence-electron chi connectivity index (χ4n) is 2.54. The highest BCUT2D eigenvalue weighted by molar-refractivity contribution is 7.14. The van der Waals surface area contributed by atoms with Crippen LogP contribution in [0.3, 0.4) is 0 Å². The monoisotopic (exact) mass is 295 g/mol. The molecule has 0 saturated heterocycles. The minimum absolute atomic E-state index is 0.0205. The number of aliphatic carboxylic acids is 1. The van der Waals surface area contributed by atoms with Gasteiger partial charge in [-0.25, -0.2) is 0 Å². The van der Waals surface area contributed by atoms with Crippen LogP contribution in [0, 0.1) is 0 Å². The van der Waals surface area contributed by atoms with Crippen LogP contribution < -0.4 is 5.32 Å². The Morgan fingerprint density at radius 1 is 1.35 bits per heavy atom. The van der Waals surface area contributed by atoms with Gasteiger partial charge in [-0.3, -0.25) is 9.59 Å². The molecule has 4 nitrogen and oxygen atoms in total. The maximum absolute atomic E-state index is 12.2. The summed E-state index contributed by atoms with van der Waals surface area (Å²) in [5, 5.41) is 11.6. The van der Waals surface area contributed by atoms with E-state index in [9.17, 15) is 9.59 Å². The Kier molecular flexibility index (Phi) is 5.17. The summed E-state index contributed by atoms with van der Waals surface area (Å²) in [4.78, 5) is 25.0. The van der Waals surface area contributed by atoms with Crippen LogP contribution in [0.2, 0.25) is 0 Å². The first-order valence-corrected chi connectivity index (χ1v) is 8.06. The highest BCUT2D eigenvalue weighted by Gasteiger charge is 2.19. The lowest BCUT2D eigenvalue weighted by Gasteiger charge is -2.13. The zero-order valence-corrected chi connectivity index (χ0v) is 12.6. The van der Waals surface area contributed by atoms with Crippen molar-refractivity contribution in [1.29, 1.82) is 0 Å². The molecule has 1 amide bonds. The van der Waals surface area contributed by atoms with Crippen molar-refractivity contribution in [2.24, 2.45) is 0 Å². The van der Waals surface area contributed by atoms with Gasteiger partial charge in [-0.05, 0) is 43.7 Å². The van der Waals surface area contributed by atoms with E-state index in [1.54, 1.807) is 11.3 Å². The first-order valence-electron chi connectivity index (χ1n) is 7.24. The normalized spacial score (nSPS) is 16.1. The van der Waals surface area contributed by atoms with Crippen LogP contribution in [-0.4, -0.2) is 23.0 Å². The molecular weight excluding hydrogens is 274 g/mol. The molecule has 1 aromatic heterocycles. The predicted octanol–water partition coefficient (Wildman–Crippen LogP) is 3.00. The van der Waals surface area contributed by atoms with Gasteiger partial charge in [0.15, 0.2) is 0 Å². The van der Waals surface area contributed by atoms with Crippen molar-refractivity contribution >= 4 is 23.2 Å². The Labute approximate surface area is 123 Å². The van der Waals surface area contributed by atoms with Gasteiger partial charge < -0.3 is 10.4 Å². The molecule has 1 aliphatic rings. The quantitative estimate of drug-likeness (QED) is 0.821. The number of fused-ring (bicyclic) bond motifs is 1. The van der Waals surface area contributed by atoms with Crippen molar-refractivity contribution in [3.63, 3.8) is 0 Å². The zero-order valence-electron chi connectivity index (χ0n) is 11.8. The second-order valence-corrected chi connectivity index (χ2v) is 6.43. The lowest BCUT2D eigenvalue weighted by atomic mass is 10.1. The van der Waals surface area contributed by atoms with Crippen LogP contribution in [-0.2, 0) is 17.6 Å². The fraction of sp³-hybridized carbons (Fsp3) is 0.600. The van der Waals surface area contributed by atoms with Crippen LogP contribution in [0.5, 0.6) is 0 Å². The van der Waals surface area contributed by atoms with Crippen LogP contribution in [0.25, 0.3) is 0 Å². The van der Waals surface area contributed by atoms with E-state index in [-0.39, 0.29) is 18.4 Å². The molecule has 0 radical (unpaired) electrons. The van der Waals surface area contributed by atoms with Crippen LogP contribution in [0.4, 0.5) is 0 Å². The smallest absolute Gasteiger partial charge is 0.305 e. The molecule has 0 spiro atoms. The summed E-state index contributed by atoms with van der Waals surface area (Å²) in [5.41, 5.74) is 1.31. The molecule has 0 bridgehead atoms. The molecular formula is C15H21NO3S. The first-order chi connectivity index (χ1) is 9.60. The van der Waals surface area contributed by atoms with E-state index in [0.717, 1.165) is 17.7 Å². The third kappa shape index (κ3) is 3.82. The molecule has 5 heteroatoms. The van der Waals surface area contributed by atoms with Gasteiger partial charge in [0.05, 0.1) is 11.3 Å². The standard InChI is InChI=1S/C15H21NO3S/c1-2-11(9-14(17)18)16-15(19)13-8-10-6-4-3-5-7-12(10)20-13/h8,11H,2-7,9H2,1H3,(H,16,19)(H,17,18). The third-order valence-electron chi connectivity index (χ3n) is 3.72. The Bertz CT molecular complexity index is 472. The number of aryl methyl sites for hydroxylation is 2. The minimum atomic E-state index is -0.876. The van der Waals surface area contributed by atoms with Crippen LogP contribution in [0.15, 0.2) is 6.07 Å². The number of rotatable bonds is 5. The molecule has 0 saturated carbocycles. The Morgan fingerprint density at radius 3 is 2.80 bits per heavy atom. The average Bonchev–Trinajstić information content (AvgIpc) is 2.69. The molecule has 0 aliphatic heterocycles. The van der Waals surface area contributed by atoms with E-state index in [2.05, 4.69) is 5.32 Å². The Morgan fingerprint density at radius 2 is 2.10 bits per heavy atom. The molecule has 1 unspecified atom stereocenters. The summed E-state index contributed by atoms with van der Waals surface area (Å²) in [5.74, 6) is -1.00. The van der Waals surface area contributed by atoms with Gasteiger partial charge in [0.1, 0.15) is 0 Å². The molecule has 2 rings (SSSR count). The zero-order chi connectivity index (χ0) is 14.5. The number of carboxylic acids is 1. The highest BCUT2D eigenvalue weighted by atomic mass is 32.1. The predicted molar refractivity (Wildman–Crippen MR) is 79.4 cm³/mol. The molecule has 1 heterocycles. The van der Waals surface area contributed by atoms with Crippen molar-refractivity contribution in [3.8, 4) is 0 Å². The van der Waals surface area contributed by atoms with Crippen LogP contribution >= 0.6 is 11.3 Å². The van der Waals surface area contributed by atoms with Gasteiger partial charge in [0.2, 0.25) is 0 Å². The second-order valence-electron chi connectivity index (χ2n) is 5.30. The van der Waals surface area contributed by atoms with Gasteiger partial charge in [-0.2, -0.15) is 0 Å². The summed E-state index contributed by atoms with van der Waals surface area (Å²) < 4.78 is 0. The number of hydrogen-bond acceptors (Lipinski definition) is 3. The number of hydrogen-bond donors (Lipinski definition) is 2. The minimum Gasteiger partial charge on any atom is -0.481 e. The fourth-order valence-corrected chi connectivity index (χ4v) is 3.70. The van der Waals surface area contributed by atoms with Gasteiger partial charge in [0, 0.05) is 10.9 Å². The van der Waals surface area contributed by atoms with E-state index >= 15 is 0 Å². The Hall–Kier alpha value is -1.36. The molecule has 1 aromatic rings.